The predicted molar refractivity (Wildman–Crippen MR) is 57.4 cm³/mol. The molecule has 0 aromatic heterocycles. The number of hydrogen-bond donors (Lipinski definition) is 0. The van der Waals surface area contributed by atoms with Crippen LogP contribution >= 0.6 is 15.9 Å². The standard InChI is InChI=1S/C9H7BrF3NO3/c10-1-2-17-8-4-6(9(11,12)13)3-7(5-8)14(15)16/h3-5H,1-2H2. The third-order valence-corrected chi connectivity index (χ3v) is 2.10. The fourth-order valence-electron chi connectivity index (χ4n) is 1.09. The molecule has 94 valence electrons. The Balaban J connectivity index is 3.14. The van der Waals surface area contributed by atoms with Crippen molar-refractivity contribution in [3.63, 3.8) is 0 Å². The van der Waals surface area contributed by atoms with Crippen LogP contribution in [-0.2, 0) is 6.18 Å². The summed E-state index contributed by atoms with van der Waals surface area (Å²) >= 11 is 3.03. The van der Waals surface area contributed by atoms with Crippen molar-refractivity contribution in [1.29, 1.82) is 0 Å². The summed E-state index contributed by atoms with van der Waals surface area (Å²) in [5, 5.41) is 10.9. The van der Waals surface area contributed by atoms with Gasteiger partial charge in [-0.05, 0) is 6.07 Å². The molecule has 4 nitrogen and oxygen atoms in total. The minimum atomic E-state index is -4.64. The van der Waals surface area contributed by atoms with E-state index >= 15 is 0 Å². The molecule has 0 saturated carbocycles. The molecule has 0 atom stereocenters. The summed E-state index contributed by atoms with van der Waals surface area (Å²) < 4.78 is 42.3. The summed E-state index contributed by atoms with van der Waals surface area (Å²) in [6, 6.07) is 2.16. The zero-order valence-corrected chi connectivity index (χ0v) is 9.92. The second-order valence-electron chi connectivity index (χ2n) is 3.01. The number of ether oxygens (including phenoxy) is 1. The van der Waals surface area contributed by atoms with Gasteiger partial charge in [0.25, 0.3) is 5.69 Å². The van der Waals surface area contributed by atoms with Gasteiger partial charge in [-0.15, -0.1) is 0 Å². The van der Waals surface area contributed by atoms with Crippen molar-refractivity contribution in [2.75, 3.05) is 11.9 Å². The van der Waals surface area contributed by atoms with E-state index in [-0.39, 0.29) is 12.4 Å². The highest BCUT2D eigenvalue weighted by atomic mass is 79.9. The molecule has 0 bridgehead atoms. The monoisotopic (exact) mass is 313 g/mol. The minimum absolute atomic E-state index is 0.123. The number of nitro benzene ring substituents is 1. The summed E-state index contributed by atoms with van der Waals surface area (Å²) in [5.74, 6) is -0.175. The van der Waals surface area contributed by atoms with Crippen molar-refractivity contribution in [3.05, 3.63) is 33.9 Å². The van der Waals surface area contributed by atoms with Crippen LogP contribution in [-0.4, -0.2) is 16.9 Å². The van der Waals surface area contributed by atoms with Gasteiger partial charge in [0, 0.05) is 11.4 Å². The molecular weight excluding hydrogens is 307 g/mol. The molecule has 0 fully saturated rings. The molecule has 0 spiro atoms. The molecule has 0 amide bonds. The Kier molecular flexibility index (Phi) is 4.33. The van der Waals surface area contributed by atoms with Gasteiger partial charge >= 0.3 is 6.18 Å². The average Bonchev–Trinajstić information content (AvgIpc) is 2.24. The average molecular weight is 314 g/mol. The van der Waals surface area contributed by atoms with Gasteiger partial charge in [0.1, 0.15) is 5.75 Å². The zero-order valence-electron chi connectivity index (χ0n) is 8.33. The van der Waals surface area contributed by atoms with E-state index in [9.17, 15) is 23.3 Å². The normalized spacial score (nSPS) is 11.3. The molecule has 0 heterocycles. The summed E-state index contributed by atoms with van der Waals surface area (Å²) in [5.41, 5.74) is -1.75. The molecule has 0 aliphatic carbocycles. The predicted octanol–water partition coefficient (Wildman–Crippen LogP) is 3.39. The van der Waals surface area contributed by atoms with E-state index in [1.54, 1.807) is 0 Å². The summed E-state index contributed by atoms with van der Waals surface area (Å²) in [4.78, 5) is 9.59. The Hall–Kier alpha value is -1.31. The third kappa shape index (κ3) is 3.88. The van der Waals surface area contributed by atoms with Gasteiger partial charge in [-0.1, -0.05) is 15.9 Å². The molecule has 8 heteroatoms. The summed E-state index contributed by atoms with van der Waals surface area (Å²) in [6.07, 6.45) is -4.64. The molecule has 0 unspecified atom stereocenters. The third-order valence-electron chi connectivity index (χ3n) is 1.78. The van der Waals surface area contributed by atoms with Gasteiger partial charge in [-0.25, -0.2) is 0 Å². The van der Waals surface area contributed by atoms with Gasteiger partial charge in [-0.2, -0.15) is 13.2 Å². The highest BCUT2D eigenvalue weighted by Gasteiger charge is 2.33. The number of nitro groups is 1. The summed E-state index contributed by atoms with van der Waals surface area (Å²) in [6.45, 7) is 0.123. The van der Waals surface area contributed by atoms with Gasteiger partial charge in [0.05, 0.1) is 23.2 Å². The van der Waals surface area contributed by atoms with Crippen LogP contribution in [0.4, 0.5) is 18.9 Å². The van der Waals surface area contributed by atoms with Crippen LogP contribution in [0.15, 0.2) is 18.2 Å². The van der Waals surface area contributed by atoms with Crippen molar-refractivity contribution in [2.45, 2.75) is 6.18 Å². The smallest absolute Gasteiger partial charge is 0.416 e. The topological polar surface area (TPSA) is 52.4 Å². The maximum Gasteiger partial charge on any atom is 0.416 e. The molecule has 1 aromatic rings. The van der Waals surface area contributed by atoms with Crippen LogP contribution < -0.4 is 4.74 Å². The second kappa shape index (κ2) is 5.35. The Bertz CT molecular complexity index is 422. The number of benzene rings is 1. The molecule has 1 aromatic carbocycles. The summed E-state index contributed by atoms with van der Waals surface area (Å²) in [7, 11) is 0. The second-order valence-corrected chi connectivity index (χ2v) is 3.80. The first-order valence-corrected chi connectivity index (χ1v) is 5.52. The van der Waals surface area contributed by atoms with Crippen LogP contribution in [0, 0.1) is 10.1 Å². The largest absolute Gasteiger partial charge is 0.492 e. The number of rotatable bonds is 4. The van der Waals surface area contributed by atoms with Crippen molar-refractivity contribution in [1.82, 2.24) is 0 Å². The van der Waals surface area contributed by atoms with Gasteiger partial charge < -0.3 is 4.74 Å². The van der Waals surface area contributed by atoms with Crippen LogP contribution in [0.1, 0.15) is 5.56 Å². The Morgan fingerprint density at radius 3 is 2.47 bits per heavy atom. The van der Waals surface area contributed by atoms with Gasteiger partial charge in [-0.3, -0.25) is 10.1 Å². The maximum absolute atomic E-state index is 12.4. The van der Waals surface area contributed by atoms with Crippen molar-refractivity contribution < 1.29 is 22.8 Å². The Labute approximate surface area is 103 Å². The van der Waals surface area contributed by atoms with Crippen LogP contribution in [0.25, 0.3) is 0 Å². The molecule has 0 aliphatic heterocycles. The minimum Gasteiger partial charge on any atom is -0.492 e. The van der Waals surface area contributed by atoms with E-state index in [0.29, 0.717) is 11.4 Å². The number of alkyl halides is 4. The quantitative estimate of drug-likeness (QED) is 0.486. The lowest BCUT2D eigenvalue weighted by Gasteiger charge is -2.09. The first-order chi connectivity index (χ1) is 7.84. The SMILES string of the molecule is O=[N+]([O-])c1cc(OCCBr)cc(C(F)(F)F)c1. The molecule has 1 rings (SSSR count). The van der Waals surface area contributed by atoms with E-state index in [1.807, 2.05) is 0 Å². The van der Waals surface area contributed by atoms with Crippen molar-refractivity contribution in [2.24, 2.45) is 0 Å². The maximum atomic E-state index is 12.4. The van der Waals surface area contributed by atoms with E-state index in [4.69, 9.17) is 4.74 Å². The van der Waals surface area contributed by atoms with Gasteiger partial charge in [0.15, 0.2) is 0 Å². The Morgan fingerprint density at radius 2 is 2.00 bits per heavy atom. The Morgan fingerprint density at radius 1 is 1.35 bits per heavy atom. The first kappa shape index (κ1) is 13.8. The fourth-order valence-corrected chi connectivity index (χ4v) is 1.25. The highest BCUT2D eigenvalue weighted by Crippen LogP contribution is 2.34. The van der Waals surface area contributed by atoms with Crippen LogP contribution in [0.5, 0.6) is 5.75 Å². The lowest BCUT2D eigenvalue weighted by Crippen LogP contribution is -2.07. The highest BCUT2D eigenvalue weighted by molar-refractivity contribution is 9.09. The van der Waals surface area contributed by atoms with Crippen LogP contribution in [0.2, 0.25) is 0 Å². The fraction of sp³-hybridized carbons (Fsp3) is 0.333. The van der Waals surface area contributed by atoms with E-state index < -0.39 is 22.4 Å². The molecule has 0 radical (unpaired) electrons. The van der Waals surface area contributed by atoms with Crippen molar-refractivity contribution >= 4 is 21.6 Å². The lowest BCUT2D eigenvalue weighted by atomic mass is 10.2. The number of non-ortho nitro benzene ring substituents is 1. The molecule has 0 N–H and O–H groups in total. The number of nitrogens with zero attached hydrogens (tertiary/aromatic N) is 1. The van der Waals surface area contributed by atoms with E-state index in [1.165, 1.54) is 0 Å². The van der Waals surface area contributed by atoms with Crippen LogP contribution in [0.3, 0.4) is 0 Å². The van der Waals surface area contributed by atoms with E-state index in [2.05, 4.69) is 15.9 Å². The molecule has 0 saturated heterocycles. The van der Waals surface area contributed by atoms with Crippen molar-refractivity contribution in [3.8, 4) is 5.75 Å². The lowest BCUT2D eigenvalue weighted by molar-refractivity contribution is -0.385. The van der Waals surface area contributed by atoms with Gasteiger partial charge in [0.2, 0.25) is 0 Å². The zero-order chi connectivity index (χ0) is 13.1. The molecule has 17 heavy (non-hydrogen) atoms. The van der Waals surface area contributed by atoms with E-state index in [0.717, 1.165) is 12.1 Å². The first-order valence-electron chi connectivity index (χ1n) is 4.40. The molecule has 0 aliphatic rings. The molecular formula is C9H7BrF3NO3. The number of hydrogen-bond acceptors (Lipinski definition) is 3. The number of halogens is 4.